The van der Waals surface area contributed by atoms with Gasteiger partial charge in [0, 0.05) is 11.9 Å². The number of amidine groups is 1. The Hall–Kier alpha value is -2.01. The summed E-state index contributed by atoms with van der Waals surface area (Å²) in [6.07, 6.45) is 1.70. The highest BCUT2D eigenvalue weighted by Crippen LogP contribution is 2.24. The van der Waals surface area contributed by atoms with Gasteiger partial charge in [0.05, 0.1) is 5.56 Å². The predicted octanol–water partition coefficient (Wildman–Crippen LogP) is 2.78. The monoisotopic (exact) mass is 273 g/mol. The number of nitrogens with zero attached hydrogens (tertiary/aromatic N) is 2. The molecule has 98 valence electrons. The number of oxime groups is 1. The Balaban J connectivity index is 2.16. The first-order chi connectivity index (χ1) is 9.20. The fraction of sp³-hybridized carbons (Fsp3) is 0.143. The minimum atomic E-state index is 0.0832. The molecular formula is C14H15N3OS. The quantitative estimate of drug-likeness (QED) is 0.295. The highest BCUT2D eigenvalue weighted by Gasteiger charge is 2.08. The number of nitrogens with two attached hydrogens (primary N) is 1. The lowest BCUT2D eigenvalue weighted by molar-refractivity contribution is 0.318. The molecule has 1 heterocycles. The molecule has 0 atom stereocenters. The van der Waals surface area contributed by atoms with E-state index in [1.165, 1.54) is 11.1 Å². The minimum absolute atomic E-state index is 0.0832. The van der Waals surface area contributed by atoms with Crippen LogP contribution in [0.3, 0.4) is 0 Å². The van der Waals surface area contributed by atoms with Crippen molar-refractivity contribution in [2.75, 3.05) is 0 Å². The summed E-state index contributed by atoms with van der Waals surface area (Å²) in [7, 11) is 0. The summed E-state index contributed by atoms with van der Waals surface area (Å²) in [6.45, 7) is 2.07. The zero-order chi connectivity index (χ0) is 13.7. The largest absolute Gasteiger partial charge is 0.409 e. The van der Waals surface area contributed by atoms with E-state index in [9.17, 15) is 0 Å². The van der Waals surface area contributed by atoms with Crippen molar-refractivity contribution >= 4 is 17.6 Å². The number of hydrogen-bond donors (Lipinski definition) is 2. The second-order valence-corrected chi connectivity index (χ2v) is 5.08. The van der Waals surface area contributed by atoms with Gasteiger partial charge in [0.1, 0.15) is 5.03 Å². The maximum Gasteiger partial charge on any atom is 0.172 e. The summed E-state index contributed by atoms with van der Waals surface area (Å²) in [4.78, 5) is 4.28. The molecule has 0 unspecified atom stereocenters. The Labute approximate surface area is 116 Å². The van der Waals surface area contributed by atoms with Crippen LogP contribution in [0.25, 0.3) is 0 Å². The maximum absolute atomic E-state index is 8.76. The second-order valence-electron chi connectivity index (χ2n) is 4.12. The van der Waals surface area contributed by atoms with Gasteiger partial charge in [-0.1, -0.05) is 35.0 Å². The molecule has 2 aromatic rings. The van der Waals surface area contributed by atoms with Gasteiger partial charge in [-0.05, 0) is 24.6 Å². The summed E-state index contributed by atoms with van der Waals surface area (Å²) in [6, 6.07) is 11.9. The average molecular weight is 273 g/mol. The molecule has 0 bridgehead atoms. The summed E-state index contributed by atoms with van der Waals surface area (Å²) in [5, 5.41) is 12.6. The van der Waals surface area contributed by atoms with Crippen molar-refractivity contribution in [3.8, 4) is 0 Å². The average Bonchev–Trinajstić information content (AvgIpc) is 2.45. The topological polar surface area (TPSA) is 71.5 Å². The van der Waals surface area contributed by atoms with Crippen molar-refractivity contribution < 1.29 is 5.21 Å². The smallest absolute Gasteiger partial charge is 0.172 e. The summed E-state index contributed by atoms with van der Waals surface area (Å²) in [5.41, 5.74) is 8.75. The van der Waals surface area contributed by atoms with E-state index in [4.69, 9.17) is 10.9 Å². The Morgan fingerprint density at radius 1 is 1.37 bits per heavy atom. The van der Waals surface area contributed by atoms with E-state index in [1.54, 1.807) is 30.1 Å². The summed E-state index contributed by atoms with van der Waals surface area (Å²) in [5.74, 6) is 0.879. The highest BCUT2D eigenvalue weighted by molar-refractivity contribution is 7.98. The number of thioether (sulfide) groups is 1. The van der Waals surface area contributed by atoms with Crippen LogP contribution in [0.4, 0.5) is 0 Å². The fourth-order valence-electron chi connectivity index (χ4n) is 1.71. The molecule has 19 heavy (non-hydrogen) atoms. The lowest BCUT2D eigenvalue weighted by Crippen LogP contribution is -2.14. The number of hydrogen-bond acceptors (Lipinski definition) is 4. The van der Waals surface area contributed by atoms with E-state index >= 15 is 0 Å². The molecule has 0 radical (unpaired) electrons. The first kappa shape index (κ1) is 13.4. The number of rotatable bonds is 4. The van der Waals surface area contributed by atoms with E-state index in [1.807, 2.05) is 6.07 Å². The molecule has 0 saturated carbocycles. The van der Waals surface area contributed by atoms with Gasteiger partial charge in [-0.3, -0.25) is 0 Å². The van der Waals surface area contributed by atoms with E-state index in [0.29, 0.717) is 5.56 Å². The Kier molecular flexibility index (Phi) is 4.41. The Morgan fingerprint density at radius 3 is 2.95 bits per heavy atom. The van der Waals surface area contributed by atoms with Crippen LogP contribution >= 0.6 is 11.8 Å². The van der Waals surface area contributed by atoms with Crippen LogP contribution in [0.2, 0.25) is 0 Å². The van der Waals surface area contributed by atoms with Crippen LogP contribution in [0, 0.1) is 6.92 Å². The molecule has 1 aromatic carbocycles. The van der Waals surface area contributed by atoms with Crippen LogP contribution in [0.1, 0.15) is 16.7 Å². The molecule has 1 aromatic heterocycles. The van der Waals surface area contributed by atoms with Gasteiger partial charge in [0.25, 0.3) is 0 Å². The van der Waals surface area contributed by atoms with Gasteiger partial charge in [0.2, 0.25) is 0 Å². The molecular weight excluding hydrogens is 258 g/mol. The lowest BCUT2D eigenvalue weighted by Gasteiger charge is -2.07. The van der Waals surface area contributed by atoms with Crippen molar-refractivity contribution in [3.05, 3.63) is 59.3 Å². The third-order valence-corrected chi connectivity index (χ3v) is 3.69. The third-order valence-electron chi connectivity index (χ3n) is 2.61. The van der Waals surface area contributed by atoms with Gasteiger partial charge in [0.15, 0.2) is 5.84 Å². The number of aryl methyl sites for hydroxylation is 1. The number of pyridine rings is 1. The first-order valence-corrected chi connectivity index (χ1v) is 6.80. The molecule has 0 aliphatic heterocycles. The molecule has 0 spiro atoms. The lowest BCUT2D eigenvalue weighted by atomic mass is 10.2. The molecule has 0 aliphatic carbocycles. The van der Waals surface area contributed by atoms with E-state index < -0.39 is 0 Å². The first-order valence-electron chi connectivity index (χ1n) is 5.82. The SMILES string of the molecule is Cc1cccc(CSc2ncccc2C(N)=NO)c1. The van der Waals surface area contributed by atoms with Crippen molar-refractivity contribution in [2.24, 2.45) is 10.9 Å². The van der Waals surface area contributed by atoms with Crippen LogP contribution in [-0.2, 0) is 5.75 Å². The normalized spacial score (nSPS) is 11.5. The summed E-state index contributed by atoms with van der Waals surface area (Å²) >= 11 is 1.57. The van der Waals surface area contributed by atoms with Crippen molar-refractivity contribution in [3.63, 3.8) is 0 Å². The van der Waals surface area contributed by atoms with Gasteiger partial charge < -0.3 is 10.9 Å². The number of benzene rings is 1. The zero-order valence-corrected chi connectivity index (χ0v) is 11.4. The molecule has 0 fully saturated rings. The van der Waals surface area contributed by atoms with Crippen LogP contribution in [0.15, 0.2) is 52.8 Å². The molecule has 3 N–H and O–H groups in total. The third kappa shape index (κ3) is 3.48. The molecule has 0 saturated heterocycles. The molecule has 0 aliphatic rings. The van der Waals surface area contributed by atoms with E-state index in [2.05, 4.69) is 35.3 Å². The molecule has 2 rings (SSSR count). The van der Waals surface area contributed by atoms with Gasteiger partial charge in [-0.25, -0.2) is 4.98 Å². The van der Waals surface area contributed by atoms with E-state index in [0.717, 1.165) is 10.8 Å². The second kappa shape index (κ2) is 6.24. The van der Waals surface area contributed by atoms with Crippen LogP contribution in [0.5, 0.6) is 0 Å². The van der Waals surface area contributed by atoms with Crippen molar-refractivity contribution in [2.45, 2.75) is 17.7 Å². The van der Waals surface area contributed by atoms with Crippen LogP contribution < -0.4 is 5.73 Å². The predicted molar refractivity (Wildman–Crippen MR) is 77.5 cm³/mol. The zero-order valence-electron chi connectivity index (χ0n) is 10.6. The highest BCUT2D eigenvalue weighted by atomic mass is 32.2. The summed E-state index contributed by atoms with van der Waals surface area (Å²) < 4.78 is 0. The van der Waals surface area contributed by atoms with Crippen molar-refractivity contribution in [1.29, 1.82) is 0 Å². The Bertz CT molecular complexity index is 599. The fourth-order valence-corrected chi connectivity index (χ4v) is 2.65. The molecule has 5 heteroatoms. The van der Waals surface area contributed by atoms with Crippen LogP contribution in [-0.4, -0.2) is 16.0 Å². The Morgan fingerprint density at radius 2 is 2.21 bits per heavy atom. The van der Waals surface area contributed by atoms with Gasteiger partial charge in [-0.15, -0.1) is 11.8 Å². The number of aromatic nitrogens is 1. The standard InChI is InChI=1S/C14H15N3OS/c1-10-4-2-5-11(8-10)9-19-14-12(13(15)17-18)6-3-7-16-14/h2-8,18H,9H2,1H3,(H2,15,17). The molecule has 0 amide bonds. The molecule has 4 nitrogen and oxygen atoms in total. The van der Waals surface area contributed by atoms with E-state index in [-0.39, 0.29) is 5.84 Å². The maximum atomic E-state index is 8.76. The minimum Gasteiger partial charge on any atom is -0.409 e. The van der Waals surface area contributed by atoms with Gasteiger partial charge >= 0.3 is 0 Å². The van der Waals surface area contributed by atoms with Gasteiger partial charge in [-0.2, -0.15) is 0 Å². The van der Waals surface area contributed by atoms with Crippen molar-refractivity contribution in [1.82, 2.24) is 4.98 Å².